The molecule has 0 saturated carbocycles. The number of carbonyl (C=O) groups is 1. The molecule has 29 heavy (non-hydrogen) atoms. The third-order valence-electron chi connectivity index (χ3n) is 5.74. The predicted octanol–water partition coefficient (Wildman–Crippen LogP) is 4.86. The second kappa shape index (κ2) is 9.88. The fourth-order valence-corrected chi connectivity index (χ4v) is 4.08. The van der Waals surface area contributed by atoms with Crippen LogP contribution in [0.4, 0.5) is 14.9 Å². The van der Waals surface area contributed by atoms with Gasteiger partial charge in [0.05, 0.1) is 0 Å². The van der Waals surface area contributed by atoms with Crippen LogP contribution in [0.15, 0.2) is 42.5 Å². The van der Waals surface area contributed by atoms with Crippen molar-refractivity contribution in [2.24, 2.45) is 5.92 Å². The van der Waals surface area contributed by atoms with Gasteiger partial charge in [-0.1, -0.05) is 29.8 Å². The zero-order valence-electron chi connectivity index (χ0n) is 17.7. The Balaban J connectivity index is 1.47. The predicted molar refractivity (Wildman–Crippen MR) is 117 cm³/mol. The fourth-order valence-electron chi connectivity index (χ4n) is 4.08. The lowest BCUT2D eigenvalue weighted by Crippen LogP contribution is -2.43. The summed E-state index contributed by atoms with van der Waals surface area (Å²) >= 11 is 0. The summed E-state index contributed by atoms with van der Waals surface area (Å²) in [5.41, 5.74) is 4.31. The first kappa shape index (κ1) is 21.3. The van der Waals surface area contributed by atoms with E-state index in [2.05, 4.69) is 23.2 Å². The molecule has 156 valence electrons. The Hall–Kier alpha value is -2.40. The fraction of sp³-hybridized carbons (Fsp3) is 0.458. The highest BCUT2D eigenvalue weighted by atomic mass is 19.1. The van der Waals surface area contributed by atoms with E-state index in [-0.39, 0.29) is 11.8 Å². The number of hydrogen-bond donors (Lipinski definition) is 1. The molecule has 4 nitrogen and oxygen atoms in total. The number of piperidine rings is 1. The summed E-state index contributed by atoms with van der Waals surface area (Å²) in [6.45, 7) is 7.89. The van der Waals surface area contributed by atoms with Crippen LogP contribution in [0.1, 0.15) is 29.5 Å². The number of nitrogens with one attached hydrogen (secondary N) is 1. The molecule has 2 amide bonds. The van der Waals surface area contributed by atoms with Gasteiger partial charge >= 0.3 is 6.03 Å². The van der Waals surface area contributed by atoms with Gasteiger partial charge in [0.25, 0.3) is 0 Å². The molecule has 0 spiro atoms. The second-order valence-electron chi connectivity index (χ2n) is 8.31. The van der Waals surface area contributed by atoms with Crippen molar-refractivity contribution in [1.82, 2.24) is 9.80 Å². The molecule has 5 heteroatoms. The van der Waals surface area contributed by atoms with Gasteiger partial charge in [0.1, 0.15) is 5.82 Å². The Labute approximate surface area is 173 Å². The third-order valence-corrected chi connectivity index (χ3v) is 5.74. The molecule has 0 aromatic heterocycles. The van der Waals surface area contributed by atoms with E-state index >= 15 is 0 Å². The summed E-state index contributed by atoms with van der Waals surface area (Å²) < 4.78 is 13.0. The maximum Gasteiger partial charge on any atom is 0.321 e. The van der Waals surface area contributed by atoms with Crippen LogP contribution in [0, 0.1) is 25.6 Å². The molecule has 1 fully saturated rings. The lowest BCUT2D eigenvalue weighted by molar-refractivity contribution is 0.150. The highest BCUT2D eigenvalue weighted by Crippen LogP contribution is 2.20. The number of rotatable bonds is 6. The topological polar surface area (TPSA) is 35.6 Å². The van der Waals surface area contributed by atoms with Crippen molar-refractivity contribution in [3.05, 3.63) is 65.0 Å². The van der Waals surface area contributed by atoms with Gasteiger partial charge in [-0.2, -0.15) is 0 Å². The molecule has 0 radical (unpaired) electrons. The van der Waals surface area contributed by atoms with E-state index in [1.165, 1.54) is 23.3 Å². The van der Waals surface area contributed by atoms with Gasteiger partial charge in [0, 0.05) is 32.4 Å². The molecule has 0 aliphatic carbocycles. The van der Waals surface area contributed by atoms with Gasteiger partial charge in [-0.25, -0.2) is 9.18 Å². The number of likely N-dealkylation sites (tertiary alicyclic amines) is 1. The molecule has 1 atom stereocenters. The average molecular weight is 398 g/mol. The van der Waals surface area contributed by atoms with Crippen LogP contribution in [-0.4, -0.2) is 49.1 Å². The summed E-state index contributed by atoms with van der Waals surface area (Å²) in [4.78, 5) is 16.9. The molecule has 0 bridgehead atoms. The Morgan fingerprint density at radius 1 is 1.21 bits per heavy atom. The lowest BCUT2D eigenvalue weighted by atomic mass is 9.97. The molecule has 3 rings (SSSR count). The maximum absolute atomic E-state index is 13.0. The first-order valence-electron chi connectivity index (χ1n) is 10.5. The molecule has 1 heterocycles. The molecular weight excluding hydrogens is 365 g/mol. The summed E-state index contributed by atoms with van der Waals surface area (Å²) in [5, 5.41) is 3.03. The Kier molecular flexibility index (Phi) is 7.26. The summed E-state index contributed by atoms with van der Waals surface area (Å²) in [5.74, 6) is 0.292. The standard InChI is InChI=1S/C24H32FN3O/c1-18-6-11-23(19(2)15-18)26-24(29)27(3)16-21-5-4-13-28(17-21)14-12-20-7-9-22(25)10-8-20/h6-11,15,21H,4-5,12-14,16-17H2,1-3H3,(H,26,29)/t21-/m1/s1. The number of halogens is 1. The van der Waals surface area contributed by atoms with E-state index < -0.39 is 0 Å². The van der Waals surface area contributed by atoms with Gasteiger partial charge in [0.15, 0.2) is 0 Å². The highest BCUT2D eigenvalue weighted by Gasteiger charge is 2.22. The number of hydrogen-bond acceptors (Lipinski definition) is 2. The van der Waals surface area contributed by atoms with E-state index in [0.29, 0.717) is 5.92 Å². The minimum Gasteiger partial charge on any atom is -0.327 e. The average Bonchev–Trinajstić information content (AvgIpc) is 2.70. The number of carbonyl (C=O) groups excluding carboxylic acids is 1. The van der Waals surface area contributed by atoms with E-state index in [1.807, 2.05) is 38.2 Å². The monoisotopic (exact) mass is 397 g/mol. The molecule has 0 unspecified atom stereocenters. The molecule has 2 aromatic carbocycles. The zero-order valence-corrected chi connectivity index (χ0v) is 17.7. The van der Waals surface area contributed by atoms with Crippen LogP contribution in [0.5, 0.6) is 0 Å². The molecule has 1 N–H and O–H groups in total. The number of benzene rings is 2. The van der Waals surface area contributed by atoms with Crippen LogP contribution < -0.4 is 5.32 Å². The van der Waals surface area contributed by atoms with Gasteiger partial charge in [0.2, 0.25) is 0 Å². The molecule has 1 saturated heterocycles. The quantitative estimate of drug-likeness (QED) is 0.755. The van der Waals surface area contributed by atoms with E-state index in [4.69, 9.17) is 0 Å². The van der Waals surface area contributed by atoms with E-state index in [9.17, 15) is 9.18 Å². The van der Waals surface area contributed by atoms with Gasteiger partial charge in [-0.3, -0.25) is 0 Å². The summed E-state index contributed by atoms with van der Waals surface area (Å²) in [7, 11) is 1.87. The van der Waals surface area contributed by atoms with Crippen molar-refractivity contribution in [3.8, 4) is 0 Å². The normalized spacial score (nSPS) is 17.2. The number of anilines is 1. The smallest absolute Gasteiger partial charge is 0.321 e. The Morgan fingerprint density at radius 3 is 2.69 bits per heavy atom. The van der Waals surface area contributed by atoms with Crippen LogP contribution in [-0.2, 0) is 6.42 Å². The maximum atomic E-state index is 13.0. The van der Waals surface area contributed by atoms with Crippen molar-refractivity contribution in [3.63, 3.8) is 0 Å². The molecule has 1 aliphatic heterocycles. The van der Waals surface area contributed by atoms with Crippen molar-refractivity contribution >= 4 is 11.7 Å². The van der Waals surface area contributed by atoms with Crippen LogP contribution in [0.25, 0.3) is 0 Å². The number of urea groups is 1. The number of nitrogens with zero attached hydrogens (tertiary/aromatic N) is 2. The second-order valence-corrected chi connectivity index (χ2v) is 8.31. The first-order valence-corrected chi connectivity index (χ1v) is 10.5. The zero-order chi connectivity index (χ0) is 20.8. The minimum absolute atomic E-state index is 0.0552. The van der Waals surface area contributed by atoms with Crippen LogP contribution in [0.2, 0.25) is 0 Å². The minimum atomic E-state index is -0.186. The molecule has 2 aromatic rings. The van der Waals surface area contributed by atoms with Crippen molar-refractivity contribution < 1.29 is 9.18 Å². The van der Waals surface area contributed by atoms with Crippen LogP contribution in [0.3, 0.4) is 0 Å². The van der Waals surface area contributed by atoms with Crippen molar-refractivity contribution in [1.29, 1.82) is 0 Å². The lowest BCUT2D eigenvalue weighted by Gasteiger charge is -2.34. The Morgan fingerprint density at radius 2 is 1.97 bits per heavy atom. The largest absolute Gasteiger partial charge is 0.327 e. The van der Waals surface area contributed by atoms with Crippen molar-refractivity contribution in [2.45, 2.75) is 33.1 Å². The first-order chi connectivity index (χ1) is 13.9. The molecule has 1 aliphatic rings. The summed E-state index contributed by atoms with van der Waals surface area (Å²) in [6, 6.07) is 12.8. The molecular formula is C24H32FN3O. The Bertz CT molecular complexity index is 821. The van der Waals surface area contributed by atoms with E-state index in [1.54, 1.807) is 4.90 Å². The van der Waals surface area contributed by atoms with Gasteiger partial charge in [-0.15, -0.1) is 0 Å². The number of aryl methyl sites for hydroxylation is 2. The highest BCUT2D eigenvalue weighted by molar-refractivity contribution is 5.90. The SMILES string of the molecule is Cc1ccc(NC(=O)N(C)C[C@H]2CCCN(CCc3ccc(F)cc3)C2)c(C)c1. The summed E-state index contributed by atoms with van der Waals surface area (Å²) in [6.07, 6.45) is 3.23. The van der Waals surface area contributed by atoms with Gasteiger partial charge < -0.3 is 15.1 Å². The van der Waals surface area contributed by atoms with Crippen molar-refractivity contribution in [2.75, 3.05) is 38.5 Å². The number of amides is 2. The third kappa shape index (κ3) is 6.29. The van der Waals surface area contributed by atoms with Gasteiger partial charge in [-0.05, 0) is 74.9 Å². The van der Waals surface area contributed by atoms with Crippen LogP contribution >= 0.6 is 0 Å². The van der Waals surface area contributed by atoms with E-state index in [0.717, 1.165) is 56.7 Å².